The largest absolute Gasteiger partial charge is 0.287 e. The molecular formula is C19H16N4O3. The van der Waals surface area contributed by atoms with Crippen molar-refractivity contribution in [1.29, 1.82) is 0 Å². The molecule has 0 fully saturated rings. The first-order valence-electron chi connectivity index (χ1n) is 7.91. The lowest BCUT2D eigenvalue weighted by atomic mass is 9.91. The molecule has 0 bridgehead atoms. The molecule has 0 aliphatic carbocycles. The Morgan fingerprint density at radius 3 is 1.96 bits per heavy atom. The number of rotatable bonds is 6. The van der Waals surface area contributed by atoms with Crippen molar-refractivity contribution in [2.24, 2.45) is 0 Å². The molecule has 1 heterocycles. The van der Waals surface area contributed by atoms with E-state index in [1.54, 1.807) is 0 Å². The van der Waals surface area contributed by atoms with Crippen LogP contribution in [0.4, 0.5) is 11.5 Å². The van der Waals surface area contributed by atoms with Crippen molar-refractivity contribution in [2.75, 3.05) is 5.43 Å². The molecule has 2 N–H and O–H groups in total. The van der Waals surface area contributed by atoms with Gasteiger partial charge >= 0.3 is 0 Å². The van der Waals surface area contributed by atoms with Gasteiger partial charge in [-0.25, -0.2) is 4.98 Å². The average molecular weight is 348 g/mol. The molecule has 0 saturated heterocycles. The molecule has 26 heavy (non-hydrogen) atoms. The number of hydrazine groups is 1. The summed E-state index contributed by atoms with van der Waals surface area (Å²) in [5.74, 6) is -0.450. The Morgan fingerprint density at radius 2 is 1.50 bits per heavy atom. The summed E-state index contributed by atoms with van der Waals surface area (Å²) in [6.07, 6.45) is 1.13. The predicted octanol–water partition coefficient (Wildman–Crippen LogP) is 3.27. The fourth-order valence-electron chi connectivity index (χ4n) is 2.55. The van der Waals surface area contributed by atoms with Crippen LogP contribution in [0.3, 0.4) is 0 Å². The zero-order valence-corrected chi connectivity index (χ0v) is 13.7. The van der Waals surface area contributed by atoms with Crippen LogP contribution in [0.5, 0.6) is 0 Å². The van der Waals surface area contributed by atoms with Crippen molar-refractivity contribution in [1.82, 2.24) is 10.4 Å². The molecule has 0 aliphatic rings. The van der Waals surface area contributed by atoms with E-state index in [1.165, 1.54) is 12.1 Å². The van der Waals surface area contributed by atoms with Crippen molar-refractivity contribution in [2.45, 2.75) is 5.92 Å². The van der Waals surface area contributed by atoms with E-state index in [0.717, 1.165) is 17.3 Å². The molecule has 0 spiro atoms. The van der Waals surface area contributed by atoms with Crippen LogP contribution in [0.25, 0.3) is 0 Å². The highest BCUT2D eigenvalue weighted by atomic mass is 16.6. The molecule has 7 nitrogen and oxygen atoms in total. The Bertz CT molecular complexity index is 844. The van der Waals surface area contributed by atoms with Crippen molar-refractivity contribution < 1.29 is 9.72 Å². The van der Waals surface area contributed by atoms with Crippen LogP contribution in [-0.4, -0.2) is 15.8 Å². The van der Waals surface area contributed by atoms with Gasteiger partial charge in [-0.05, 0) is 17.2 Å². The highest BCUT2D eigenvalue weighted by Gasteiger charge is 2.22. The Labute approximate surface area is 149 Å². The van der Waals surface area contributed by atoms with Gasteiger partial charge in [0.15, 0.2) is 0 Å². The number of anilines is 1. The standard InChI is InChI=1S/C19H16N4O3/c24-19(22-21-17-12-11-16(13-20-17)23(25)26)18(14-7-3-1-4-8-14)15-9-5-2-6-10-15/h1-13,18H,(H,20,21)(H,22,24). The van der Waals surface area contributed by atoms with Crippen molar-refractivity contribution in [3.05, 3.63) is 100 Å². The topological polar surface area (TPSA) is 97.2 Å². The molecule has 3 rings (SSSR count). The van der Waals surface area contributed by atoms with Gasteiger partial charge in [0, 0.05) is 6.07 Å². The first-order chi connectivity index (χ1) is 12.6. The van der Waals surface area contributed by atoms with Gasteiger partial charge in [-0.15, -0.1) is 0 Å². The van der Waals surface area contributed by atoms with Crippen LogP contribution in [-0.2, 0) is 4.79 Å². The SMILES string of the molecule is O=C(NNc1ccc([N+](=O)[O-])cn1)C(c1ccccc1)c1ccccc1. The van der Waals surface area contributed by atoms with E-state index in [1.807, 2.05) is 60.7 Å². The number of carbonyl (C=O) groups excluding carboxylic acids is 1. The minimum Gasteiger partial charge on any atom is -0.282 e. The fraction of sp³-hybridized carbons (Fsp3) is 0.0526. The maximum absolute atomic E-state index is 12.8. The quantitative estimate of drug-likeness (QED) is 0.526. The lowest BCUT2D eigenvalue weighted by Crippen LogP contribution is -2.34. The van der Waals surface area contributed by atoms with E-state index < -0.39 is 10.8 Å². The number of hydrogen-bond donors (Lipinski definition) is 2. The van der Waals surface area contributed by atoms with Gasteiger partial charge in [-0.3, -0.25) is 25.8 Å². The number of amides is 1. The second-order valence-corrected chi connectivity index (χ2v) is 5.53. The summed E-state index contributed by atoms with van der Waals surface area (Å²) in [6, 6.07) is 21.6. The molecule has 130 valence electrons. The van der Waals surface area contributed by atoms with E-state index in [2.05, 4.69) is 15.8 Å². The summed E-state index contributed by atoms with van der Waals surface area (Å²) in [6.45, 7) is 0. The lowest BCUT2D eigenvalue weighted by molar-refractivity contribution is -0.385. The summed E-state index contributed by atoms with van der Waals surface area (Å²) in [4.78, 5) is 26.8. The van der Waals surface area contributed by atoms with Gasteiger partial charge in [0.05, 0.1) is 10.8 Å². The second kappa shape index (κ2) is 7.89. The van der Waals surface area contributed by atoms with Crippen LogP contribution in [0.2, 0.25) is 0 Å². The molecular weight excluding hydrogens is 332 g/mol. The maximum Gasteiger partial charge on any atom is 0.287 e. The van der Waals surface area contributed by atoms with Crippen molar-refractivity contribution >= 4 is 17.4 Å². The number of hydrogen-bond acceptors (Lipinski definition) is 5. The zero-order chi connectivity index (χ0) is 18.4. The number of nitro groups is 1. The van der Waals surface area contributed by atoms with E-state index in [4.69, 9.17) is 0 Å². The van der Waals surface area contributed by atoms with Crippen LogP contribution in [0.1, 0.15) is 17.0 Å². The third-order valence-corrected chi connectivity index (χ3v) is 3.80. The number of aromatic nitrogens is 1. The third kappa shape index (κ3) is 4.02. The Morgan fingerprint density at radius 1 is 0.923 bits per heavy atom. The van der Waals surface area contributed by atoms with Gasteiger partial charge in [0.2, 0.25) is 5.91 Å². The molecule has 0 atom stereocenters. The Kier molecular flexibility index (Phi) is 5.19. The van der Waals surface area contributed by atoms with Gasteiger partial charge < -0.3 is 0 Å². The van der Waals surface area contributed by atoms with Gasteiger partial charge in [0.25, 0.3) is 5.69 Å². The van der Waals surface area contributed by atoms with E-state index in [9.17, 15) is 14.9 Å². The zero-order valence-electron chi connectivity index (χ0n) is 13.7. The molecule has 7 heteroatoms. The summed E-state index contributed by atoms with van der Waals surface area (Å²) in [5, 5.41) is 10.7. The highest BCUT2D eigenvalue weighted by Crippen LogP contribution is 2.24. The third-order valence-electron chi connectivity index (χ3n) is 3.80. The molecule has 2 aromatic carbocycles. The second-order valence-electron chi connectivity index (χ2n) is 5.53. The van der Waals surface area contributed by atoms with Gasteiger partial charge in [-0.1, -0.05) is 60.7 Å². The Hall–Kier alpha value is -3.74. The molecule has 0 radical (unpaired) electrons. The minimum absolute atomic E-state index is 0.117. The monoisotopic (exact) mass is 348 g/mol. The first kappa shape index (κ1) is 17.1. The van der Waals surface area contributed by atoms with Crippen LogP contribution in [0.15, 0.2) is 79.0 Å². The van der Waals surface area contributed by atoms with E-state index >= 15 is 0 Å². The smallest absolute Gasteiger partial charge is 0.282 e. The van der Waals surface area contributed by atoms with Crippen LogP contribution < -0.4 is 10.9 Å². The molecule has 0 aliphatic heterocycles. The van der Waals surface area contributed by atoms with E-state index in [0.29, 0.717) is 5.82 Å². The number of carbonyl (C=O) groups is 1. The van der Waals surface area contributed by atoms with E-state index in [-0.39, 0.29) is 11.6 Å². The summed E-state index contributed by atoms with van der Waals surface area (Å²) in [7, 11) is 0. The first-order valence-corrected chi connectivity index (χ1v) is 7.91. The summed E-state index contributed by atoms with van der Waals surface area (Å²) < 4.78 is 0. The van der Waals surface area contributed by atoms with Crippen LogP contribution >= 0.6 is 0 Å². The summed E-state index contributed by atoms with van der Waals surface area (Å²) in [5.41, 5.74) is 6.92. The summed E-state index contributed by atoms with van der Waals surface area (Å²) >= 11 is 0. The Balaban J connectivity index is 1.77. The average Bonchev–Trinajstić information content (AvgIpc) is 2.68. The molecule has 0 unspecified atom stereocenters. The molecule has 1 aromatic heterocycles. The number of nitrogens with one attached hydrogen (secondary N) is 2. The van der Waals surface area contributed by atoms with Crippen LogP contribution in [0, 0.1) is 10.1 Å². The maximum atomic E-state index is 12.8. The lowest BCUT2D eigenvalue weighted by Gasteiger charge is -2.18. The van der Waals surface area contributed by atoms with Crippen molar-refractivity contribution in [3.63, 3.8) is 0 Å². The van der Waals surface area contributed by atoms with Gasteiger partial charge in [0.1, 0.15) is 12.0 Å². The predicted molar refractivity (Wildman–Crippen MR) is 97.4 cm³/mol. The van der Waals surface area contributed by atoms with Crippen molar-refractivity contribution in [3.8, 4) is 0 Å². The van der Waals surface area contributed by atoms with Gasteiger partial charge in [-0.2, -0.15) is 0 Å². The number of benzene rings is 2. The molecule has 1 amide bonds. The highest BCUT2D eigenvalue weighted by molar-refractivity contribution is 5.87. The number of nitrogens with zero attached hydrogens (tertiary/aromatic N) is 2. The molecule has 3 aromatic rings. The number of pyridine rings is 1. The minimum atomic E-state index is -0.532. The normalized spacial score (nSPS) is 10.3. The molecule has 0 saturated carbocycles. The fourth-order valence-corrected chi connectivity index (χ4v) is 2.55.